The van der Waals surface area contributed by atoms with Crippen molar-refractivity contribution in [1.29, 1.82) is 0 Å². The summed E-state index contributed by atoms with van der Waals surface area (Å²) in [5.41, 5.74) is 1.37. The highest BCUT2D eigenvalue weighted by Crippen LogP contribution is 2.30. The first-order valence-electron chi connectivity index (χ1n) is 6.01. The number of aliphatic hydroxyl groups is 1. The first-order chi connectivity index (χ1) is 9.47. The van der Waals surface area contributed by atoms with Crippen LogP contribution in [0.2, 0.25) is 5.02 Å². The quantitative estimate of drug-likeness (QED) is 0.843. The Bertz CT molecular complexity index is 617. The molecule has 1 N–H and O–H groups in total. The summed E-state index contributed by atoms with van der Waals surface area (Å²) < 4.78 is 19.5. The van der Waals surface area contributed by atoms with Crippen molar-refractivity contribution in [3.63, 3.8) is 0 Å². The molecule has 0 saturated heterocycles. The van der Waals surface area contributed by atoms with Gasteiger partial charge in [-0.1, -0.05) is 39.7 Å². The monoisotopic (exact) mass is 358 g/mol. The van der Waals surface area contributed by atoms with E-state index in [0.717, 1.165) is 4.47 Å². The Hall–Kier alpha value is -1.10. The molecule has 0 radical (unpaired) electrons. The lowest BCUT2D eigenvalue weighted by Crippen LogP contribution is -2.01. The molecule has 20 heavy (non-hydrogen) atoms. The molecule has 0 fully saturated rings. The molecule has 0 bridgehead atoms. The minimum absolute atomic E-state index is 0.204. The fourth-order valence-corrected chi connectivity index (χ4v) is 2.33. The van der Waals surface area contributed by atoms with Crippen molar-refractivity contribution >= 4 is 27.5 Å². The molecule has 0 spiro atoms. The zero-order chi connectivity index (χ0) is 14.7. The van der Waals surface area contributed by atoms with Gasteiger partial charge < -0.3 is 9.84 Å². The van der Waals surface area contributed by atoms with Gasteiger partial charge in [0, 0.05) is 15.6 Å². The largest absolute Gasteiger partial charge is 0.488 e. The zero-order valence-corrected chi connectivity index (χ0v) is 13.1. The summed E-state index contributed by atoms with van der Waals surface area (Å²) in [4.78, 5) is 0. The van der Waals surface area contributed by atoms with Crippen LogP contribution in [0.5, 0.6) is 5.75 Å². The molecule has 106 valence electrons. The second-order valence-corrected chi connectivity index (χ2v) is 5.71. The molecule has 2 aromatic rings. The minimum atomic E-state index is -0.637. The van der Waals surface area contributed by atoms with Crippen molar-refractivity contribution in [3.05, 3.63) is 62.8 Å². The summed E-state index contributed by atoms with van der Waals surface area (Å²) >= 11 is 9.31. The second-order valence-electron chi connectivity index (χ2n) is 4.38. The van der Waals surface area contributed by atoms with Gasteiger partial charge in [-0.15, -0.1) is 0 Å². The predicted octanol–water partition coefficient (Wildman–Crippen LogP) is 4.87. The topological polar surface area (TPSA) is 29.5 Å². The van der Waals surface area contributed by atoms with Gasteiger partial charge in [0.15, 0.2) is 0 Å². The van der Waals surface area contributed by atoms with Gasteiger partial charge in [0.05, 0.1) is 11.1 Å². The highest BCUT2D eigenvalue weighted by Gasteiger charge is 2.11. The Morgan fingerprint density at radius 3 is 2.70 bits per heavy atom. The number of hydrogen-bond acceptors (Lipinski definition) is 2. The fraction of sp³-hybridized carbons (Fsp3) is 0.200. The molecule has 0 aliphatic carbocycles. The standard InChI is InChI=1S/C15H13BrClFO2/c1-9(19)13-5-3-11(16)6-15(13)20-8-10-2-4-12(18)7-14(10)17/h2-7,9,19H,8H2,1H3/t9-/m1/s1. The third-order valence-electron chi connectivity index (χ3n) is 2.82. The average molecular weight is 360 g/mol. The molecule has 1 atom stereocenters. The molecule has 0 heterocycles. The molecule has 0 aliphatic rings. The van der Waals surface area contributed by atoms with E-state index in [1.165, 1.54) is 12.1 Å². The first-order valence-corrected chi connectivity index (χ1v) is 7.18. The van der Waals surface area contributed by atoms with Crippen molar-refractivity contribution < 1.29 is 14.2 Å². The Morgan fingerprint density at radius 1 is 1.30 bits per heavy atom. The van der Waals surface area contributed by atoms with Gasteiger partial charge in [-0.2, -0.15) is 0 Å². The van der Waals surface area contributed by atoms with Gasteiger partial charge in [0.1, 0.15) is 18.2 Å². The third kappa shape index (κ3) is 3.72. The maximum atomic E-state index is 13.0. The zero-order valence-electron chi connectivity index (χ0n) is 10.7. The van der Waals surface area contributed by atoms with E-state index in [9.17, 15) is 9.50 Å². The van der Waals surface area contributed by atoms with E-state index >= 15 is 0 Å². The molecular formula is C15H13BrClFO2. The molecule has 0 aliphatic heterocycles. The van der Waals surface area contributed by atoms with Crippen molar-refractivity contribution in [2.24, 2.45) is 0 Å². The summed E-state index contributed by atoms with van der Waals surface area (Å²) in [7, 11) is 0. The Morgan fingerprint density at radius 2 is 2.05 bits per heavy atom. The SMILES string of the molecule is C[C@@H](O)c1ccc(Br)cc1OCc1ccc(F)cc1Cl. The van der Waals surface area contributed by atoms with Gasteiger partial charge in [-0.3, -0.25) is 0 Å². The van der Waals surface area contributed by atoms with Crippen LogP contribution in [0.25, 0.3) is 0 Å². The van der Waals surface area contributed by atoms with Gasteiger partial charge >= 0.3 is 0 Å². The Kier molecular flexibility index (Phi) is 5.02. The predicted molar refractivity (Wildman–Crippen MR) is 80.5 cm³/mol. The van der Waals surface area contributed by atoms with Crippen LogP contribution in [0.4, 0.5) is 4.39 Å². The van der Waals surface area contributed by atoms with Crippen LogP contribution in [0, 0.1) is 5.82 Å². The molecule has 0 unspecified atom stereocenters. The summed E-state index contributed by atoms with van der Waals surface area (Å²) in [6.45, 7) is 1.87. The Balaban J connectivity index is 2.20. The van der Waals surface area contributed by atoms with Gasteiger partial charge in [-0.25, -0.2) is 4.39 Å². The molecule has 2 rings (SSSR count). The highest BCUT2D eigenvalue weighted by molar-refractivity contribution is 9.10. The normalized spacial score (nSPS) is 12.2. The molecule has 2 nitrogen and oxygen atoms in total. The molecule has 0 aromatic heterocycles. The van der Waals surface area contributed by atoms with E-state index in [-0.39, 0.29) is 12.4 Å². The lowest BCUT2D eigenvalue weighted by Gasteiger charge is -2.14. The van der Waals surface area contributed by atoms with Crippen LogP contribution in [-0.4, -0.2) is 5.11 Å². The van der Waals surface area contributed by atoms with Gasteiger partial charge in [0.25, 0.3) is 0 Å². The number of rotatable bonds is 4. The molecular weight excluding hydrogens is 347 g/mol. The van der Waals surface area contributed by atoms with E-state index in [1.807, 2.05) is 6.07 Å². The Labute approximate surface area is 130 Å². The van der Waals surface area contributed by atoms with Gasteiger partial charge in [-0.05, 0) is 31.2 Å². The van der Waals surface area contributed by atoms with Crippen molar-refractivity contribution in [1.82, 2.24) is 0 Å². The summed E-state index contributed by atoms with van der Waals surface area (Å²) in [5.74, 6) is 0.181. The average Bonchev–Trinajstić information content (AvgIpc) is 2.37. The number of benzene rings is 2. The number of hydrogen-bond donors (Lipinski definition) is 1. The number of aliphatic hydroxyl groups excluding tert-OH is 1. The van der Waals surface area contributed by atoms with Crippen LogP contribution in [0.15, 0.2) is 40.9 Å². The lowest BCUT2D eigenvalue weighted by molar-refractivity contribution is 0.190. The molecule has 0 saturated carbocycles. The van der Waals surface area contributed by atoms with Crippen LogP contribution in [0.1, 0.15) is 24.2 Å². The van der Waals surface area contributed by atoms with E-state index < -0.39 is 6.10 Å². The highest BCUT2D eigenvalue weighted by atomic mass is 79.9. The molecule has 2 aromatic carbocycles. The summed E-state index contributed by atoms with van der Waals surface area (Å²) in [6.07, 6.45) is -0.637. The van der Waals surface area contributed by atoms with E-state index in [4.69, 9.17) is 16.3 Å². The maximum Gasteiger partial charge on any atom is 0.126 e. The van der Waals surface area contributed by atoms with Crippen LogP contribution < -0.4 is 4.74 Å². The van der Waals surface area contributed by atoms with E-state index in [2.05, 4.69) is 15.9 Å². The minimum Gasteiger partial charge on any atom is -0.488 e. The summed E-state index contributed by atoms with van der Waals surface area (Å²) in [6, 6.07) is 9.56. The lowest BCUT2D eigenvalue weighted by atomic mass is 10.1. The van der Waals surface area contributed by atoms with Gasteiger partial charge in [0.2, 0.25) is 0 Å². The van der Waals surface area contributed by atoms with E-state index in [1.54, 1.807) is 25.1 Å². The summed E-state index contributed by atoms with van der Waals surface area (Å²) in [5, 5.41) is 10.0. The smallest absolute Gasteiger partial charge is 0.126 e. The first kappa shape index (κ1) is 15.3. The van der Waals surface area contributed by atoms with Crippen molar-refractivity contribution in [2.45, 2.75) is 19.6 Å². The van der Waals surface area contributed by atoms with Crippen LogP contribution in [0.3, 0.4) is 0 Å². The van der Waals surface area contributed by atoms with Crippen molar-refractivity contribution in [3.8, 4) is 5.75 Å². The van der Waals surface area contributed by atoms with Crippen molar-refractivity contribution in [2.75, 3.05) is 0 Å². The van der Waals surface area contributed by atoms with Crippen LogP contribution >= 0.6 is 27.5 Å². The fourth-order valence-electron chi connectivity index (χ4n) is 1.77. The number of halogens is 3. The maximum absolute atomic E-state index is 13.0. The molecule has 0 amide bonds. The molecule has 5 heteroatoms. The third-order valence-corrected chi connectivity index (χ3v) is 3.67. The second kappa shape index (κ2) is 6.57. The number of ether oxygens (including phenoxy) is 1. The van der Waals surface area contributed by atoms with Crippen LogP contribution in [-0.2, 0) is 6.61 Å². The van der Waals surface area contributed by atoms with E-state index in [0.29, 0.717) is 21.9 Å².